The highest BCUT2D eigenvalue weighted by molar-refractivity contribution is 7.80. The van der Waals surface area contributed by atoms with Crippen molar-refractivity contribution >= 4 is 23.4 Å². The van der Waals surface area contributed by atoms with Crippen molar-refractivity contribution in [1.29, 1.82) is 0 Å². The van der Waals surface area contributed by atoms with Crippen LogP contribution in [0.5, 0.6) is 5.75 Å². The predicted octanol–water partition coefficient (Wildman–Crippen LogP) is 4.70. The Morgan fingerprint density at radius 2 is 2.00 bits per heavy atom. The molecule has 4 nitrogen and oxygen atoms in total. The van der Waals surface area contributed by atoms with Crippen LogP contribution in [0, 0.1) is 17.3 Å². The number of rotatable bonds is 2. The number of nitrogens with zero attached hydrogens (tertiary/aromatic N) is 1. The summed E-state index contributed by atoms with van der Waals surface area (Å²) in [5, 5.41) is 0.490. The van der Waals surface area contributed by atoms with Crippen molar-refractivity contribution in [3.63, 3.8) is 0 Å². The van der Waals surface area contributed by atoms with Gasteiger partial charge < -0.3 is 14.4 Å². The number of aryl methyl sites for hydroxylation is 1. The van der Waals surface area contributed by atoms with Gasteiger partial charge in [-0.1, -0.05) is 13.0 Å². The van der Waals surface area contributed by atoms with Crippen LogP contribution in [-0.2, 0) is 16.0 Å². The summed E-state index contributed by atoms with van der Waals surface area (Å²) in [6.07, 6.45) is 6.92. The van der Waals surface area contributed by atoms with Crippen LogP contribution in [-0.4, -0.2) is 36.2 Å². The minimum atomic E-state index is -0.133. The number of thiocarbonyl (C=S) groups is 1. The van der Waals surface area contributed by atoms with E-state index in [4.69, 9.17) is 21.7 Å². The molecule has 0 amide bonds. The Kier molecular flexibility index (Phi) is 5.15. The first-order valence-electron chi connectivity index (χ1n) is 10.5. The van der Waals surface area contributed by atoms with Gasteiger partial charge in [0.15, 0.2) is 0 Å². The summed E-state index contributed by atoms with van der Waals surface area (Å²) in [6, 6.07) is 6.52. The zero-order valence-electron chi connectivity index (χ0n) is 17.4. The van der Waals surface area contributed by atoms with Gasteiger partial charge >= 0.3 is 5.97 Å². The van der Waals surface area contributed by atoms with Crippen LogP contribution in [0.25, 0.3) is 0 Å². The van der Waals surface area contributed by atoms with Crippen LogP contribution in [0.1, 0.15) is 63.0 Å². The number of benzene rings is 1. The van der Waals surface area contributed by atoms with E-state index in [1.54, 1.807) is 6.92 Å². The minimum absolute atomic E-state index is 0.0974. The summed E-state index contributed by atoms with van der Waals surface area (Å²) in [4.78, 5) is 13.4. The van der Waals surface area contributed by atoms with Crippen molar-refractivity contribution < 1.29 is 14.3 Å². The second-order valence-corrected chi connectivity index (χ2v) is 9.61. The normalized spacial score (nSPS) is 33.3. The van der Waals surface area contributed by atoms with E-state index < -0.39 is 0 Å². The molecular formula is C23H31NO3S. The third-order valence-corrected chi connectivity index (χ3v) is 7.94. The number of esters is 1. The van der Waals surface area contributed by atoms with E-state index in [2.05, 4.69) is 25.1 Å². The van der Waals surface area contributed by atoms with Crippen LogP contribution in [0.4, 0.5) is 0 Å². The molecule has 0 spiro atoms. The summed E-state index contributed by atoms with van der Waals surface area (Å²) >= 11 is 5.28. The van der Waals surface area contributed by atoms with E-state index in [9.17, 15) is 4.79 Å². The Bertz CT molecular complexity index is 792. The highest BCUT2D eigenvalue weighted by Gasteiger charge is 2.56. The number of hydrogen-bond acceptors (Lipinski definition) is 4. The third kappa shape index (κ3) is 3.32. The first kappa shape index (κ1) is 19.7. The summed E-state index contributed by atoms with van der Waals surface area (Å²) in [5.41, 5.74) is 3.06. The molecule has 152 valence electrons. The highest BCUT2D eigenvalue weighted by atomic mass is 32.1. The molecule has 28 heavy (non-hydrogen) atoms. The average Bonchev–Trinajstić information content (AvgIpc) is 2.97. The molecule has 0 aliphatic heterocycles. The van der Waals surface area contributed by atoms with Crippen LogP contribution in [0.3, 0.4) is 0 Å². The molecule has 0 saturated heterocycles. The van der Waals surface area contributed by atoms with Gasteiger partial charge in [-0.25, -0.2) is 0 Å². The fourth-order valence-corrected chi connectivity index (χ4v) is 6.26. The largest absolute Gasteiger partial charge is 0.462 e. The van der Waals surface area contributed by atoms with Gasteiger partial charge in [0, 0.05) is 26.4 Å². The van der Waals surface area contributed by atoms with E-state index in [0.717, 1.165) is 25.0 Å². The lowest BCUT2D eigenvalue weighted by molar-refractivity contribution is -0.154. The number of fused-ring (bicyclic) bond motifs is 5. The van der Waals surface area contributed by atoms with Crippen molar-refractivity contribution in [3.8, 4) is 5.75 Å². The van der Waals surface area contributed by atoms with Crippen LogP contribution < -0.4 is 4.74 Å². The molecule has 2 fully saturated rings. The van der Waals surface area contributed by atoms with Crippen LogP contribution >= 0.6 is 12.2 Å². The standard InChI is InChI=1S/C23H31NO3S/c1-14(25)26-21-10-9-20-19-7-5-15-13-16(27-22(28)24(3)4)6-8-17(15)18(19)11-12-23(20,21)2/h6,8,13,18-21H,5,7,9-12H2,1-4H3/t18-,19-,20+,21?,23+/m1/s1. The molecule has 3 aliphatic carbocycles. The molecule has 0 bridgehead atoms. The maximum absolute atomic E-state index is 11.6. The summed E-state index contributed by atoms with van der Waals surface area (Å²) < 4.78 is 11.6. The van der Waals surface area contributed by atoms with E-state index in [1.807, 2.05) is 19.0 Å². The number of carbonyl (C=O) groups is 1. The lowest BCUT2D eigenvalue weighted by atomic mass is 9.55. The summed E-state index contributed by atoms with van der Waals surface area (Å²) in [5.74, 6) is 2.67. The molecular weight excluding hydrogens is 370 g/mol. The molecule has 4 rings (SSSR count). The Labute approximate surface area is 173 Å². The van der Waals surface area contributed by atoms with Gasteiger partial charge in [-0.15, -0.1) is 0 Å². The molecule has 0 heterocycles. The molecule has 2 saturated carbocycles. The zero-order chi connectivity index (χ0) is 20.1. The van der Waals surface area contributed by atoms with Gasteiger partial charge in [-0.2, -0.15) is 0 Å². The zero-order valence-corrected chi connectivity index (χ0v) is 18.2. The first-order chi connectivity index (χ1) is 13.3. The van der Waals surface area contributed by atoms with Gasteiger partial charge in [0.2, 0.25) is 0 Å². The lowest BCUT2D eigenvalue weighted by Gasteiger charge is -2.50. The molecule has 0 aromatic heterocycles. The number of ether oxygens (including phenoxy) is 2. The average molecular weight is 402 g/mol. The SMILES string of the molecule is CC(=O)OC1CC[C@H]2[C@@H]3CCc4cc(OC(=S)N(C)C)ccc4[C@H]3CC[C@]12C. The summed E-state index contributed by atoms with van der Waals surface area (Å²) in [6.45, 7) is 3.91. The second-order valence-electron chi connectivity index (χ2n) is 9.26. The maximum Gasteiger partial charge on any atom is 0.302 e. The molecule has 0 radical (unpaired) electrons. The first-order valence-corrected chi connectivity index (χ1v) is 10.9. The van der Waals surface area contributed by atoms with Crippen molar-refractivity contribution in [2.45, 2.75) is 64.4 Å². The topological polar surface area (TPSA) is 38.8 Å². The number of hydrogen-bond donors (Lipinski definition) is 0. The Hall–Kier alpha value is -1.62. The van der Waals surface area contributed by atoms with E-state index >= 15 is 0 Å². The van der Waals surface area contributed by atoms with Crippen molar-refractivity contribution in [2.24, 2.45) is 17.3 Å². The molecule has 3 aliphatic rings. The van der Waals surface area contributed by atoms with E-state index in [-0.39, 0.29) is 17.5 Å². The Morgan fingerprint density at radius 3 is 2.71 bits per heavy atom. The summed E-state index contributed by atoms with van der Waals surface area (Å²) in [7, 11) is 3.80. The van der Waals surface area contributed by atoms with Gasteiger partial charge in [-0.3, -0.25) is 4.79 Å². The molecule has 0 N–H and O–H groups in total. The number of carbonyl (C=O) groups excluding carboxylic acids is 1. The van der Waals surface area contributed by atoms with Gasteiger partial charge in [0.1, 0.15) is 11.9 Å². The van der Waals surface area contributed by atoms with Crippen LogP contribution in [0.15, 0.2) is 18.2 Å². The predicted molar refractivity (Wildman–Crippen MR) is 114 cm³/mol. The quantitative estimate of drug-likeness (QED) is 0.530. The fraction of sp³-hybridized carbons (Fsp3) is 0.652. The Morgan fingerprint density at radius 1 is 1.21 bits per heavy atom. The van der Waals surface area contributed by atoms with Crippen molar-refractivity contribution in [1.82, 2.24) is 4.90 Å². The second kappa shape index (κ2) is 7.33. The molecule has 1 aromatic carbocycles. The van der Waals surface area contributed by atoms with Gasteiger partial charge in [0.05, 0.1) is 0 Å². The Balaban J connectivity index is 1.55. The van der Waals surface area contributed by atoms with Crippen molar-refractivity contribution in [3.05, 3.63) is 29.3 Å². The fourth-order valence-electron chi connectivity index (χ4n) is 6.16. The molecule has 5 heteroatoms. The third-order valence-electron chi connectivity index (χ3n) is 7.49. The van der Waals surface area contributed by atoms with Crippen LogP contribution in [0.2, 0.25) is 0 Å². The molecule has 5 atom stereocenters. The highest BCUT2D eigenvalue weighted by Crippen LogP contribution is 2.61. The van der Waals surface area contributed by atoms with E-state index in [1.165, 1.54) is 30.4 Å². The molecule has 1 aromatic rings. The van der Waals surface area contributed by atoms with E-state index in [0.29, 0.717) is 22.9 Å². The monoisotopic (exact) mass is 401 g/mol. The minimum Gasteiger partial charge on any atom is -0.462 e. The maximum atomic E-state index is 11.6. The lowest BCUT2D eigenvalue weighted by Crippen LogP contribution is -2.45. The smallest absolute Gasteiger partial charge is 0.302 e. The van der Waals surface area contributed by atoms with Gasteiger partial charge in [-0.05, 0) is 91.8 Å². The van der Waals surface area contributed by atoms with Crippen molar-refractivity contribution in [2.75, 3.05) is 14.1 Å². The van der Waals surface area contributed by atoms with Gasteiger partial charge in [0.25, 0.3) is 5.17 Å². The molecule has 1 unspecified atom stereocenters.